The Bertz CT molecular complexity index is 1000. The zero-order valence-electron chi connectivity index (χ0n) is 14.2. The lowest BCUT2D eigenvalue weighted by Gasteiger charge is -2.26. The molecule has 0 aliphatic heterocycles. The third-order valence-electron chi connectivity index (χ3n) is 5.06. The molecule has 1 heterocycles. The summed E-state index contributed by atoms with van der Waals surface area (Å²) in [5.74, 6) is -0.125. The number of hydrogen-bond acceptors (Lipinski definition) is 2. The number of rotatable bonds is 3. The molecule has 128 valence electrons. The molecule has 0 radical (unpaired) electrons. The molecule has 1 aliphatic carbocycles. The molecule has 0 spiro atoms. The first-order valence-corrected chi connectivity index (χ1v) is 8.66. The van der Waals surface area contributed by atoms with Crippen LogP contribution in [0.2, 0.25) is 0 Å². The molecule has 0 fully saturated rings. The van der Waals surface area contributed by atoms with Gasteiger partial charge >= 0.3 is 5.69 Å². The van der Waals surface area contributed by atoms with Crippen LogP contribution in [0.4, 0.5) is 0 Å². The molecular weight excluding hydrogens is 314 g/mol. The fourth-order valence-electron chi connectivity index (χ4n) is 3.80. The van der Waals surface area contributed by atoms with E-state index in [-0.39, 0.29) is 24.2 Å². The molecule has 0 saturated carbocycles. The average molecular weight is 335 g/mol. The quantitative estimate of drug-likeness (QED) is 0.800. The van der Waals surface area contributed by atoms with Gasteiger partial charge in [-0.2, -0.15) is 0 Å². The van der Waals surface area contributed by atoms with Crippen molar-refractivity contribution in [2.75, 3.05) is 0 Å². The van der Waals surface area contributed by atoms with E-state index >= 15 is 0 Å². The number of hydrogen-bond donors (Lipinski definition) is 1. The monoisotopic (exact) mass is 335 g/mol. The zero-order valence-corrected chi connectivity index (χ0v) is 14.2. The molecule has 2 aromatic carbocycles. The van der Waals surface area contributed by atoms with E-state index in [1.165, 1.54) is 11.1 Å². The Morgan fingerprint density at radius 1 is 1.12 bits per heavy atom. The first kappa shape index (κ1) is 15.7. The van der Waals surface area contributed by atoms with Gasteiger partial charge in [-0.25, -0.2) is 4.79 Å². The molecule has 1 atom stereocenters. The second-order valence-electron chi connectivity index (χ2n) is 6.63. The summed E-state index contributed by atoms with van der Waals surface area (Å²) < 4.78 is 3.12. The van der Waals surface area contributed by atoms with Crippen molar-refractivity contribution in [1.29, 1.82) is 0 Å². The topological polar surface area (TPSA) is 56.0 Å². The predicted octanol–water partition coefficient (Wildman–Crippen LogP) is 2.53. The second kappa shape index (κ2) is 6.24. The number of nitrogens with zero attached hydrogens (tertiary/aromatic N) is 2. The Morgan fingerprint density at radius 2 is 1.84 bits per heavy atom. The summed E-state index contributed by atoms with van der Waals surface area (Å²) in [6.45, 7) is 0.0405. The molecular formula is C20H21N3O2. The van der Waals surface area contributed by atoms with E-state index in [1.54, 1.807) is 16.2 Å². The van der Waals surface area contributed by atoms with E-state index in [4.69, 9.17) is 0 Å². The van der Waals surface area contributed by atoms with Crippen molar-refractivity contribution in [2.45, 2.75) is 31.8 Å². The summed E-state index contributed by atoms with van der Waals surface area (Å²) in [4.78, 5) is 25.1. The number of para-hydroxylation sites is 2. The number of aryl methyl sites for hydroxylation is 2. The van der Waals surface area contributed by atoms with Gasteiger partial charge < -0.3 is 5.32 Å². The van der Waals surface area contributed by atoms with Crippen molar-refractivity contribution >= 4 is 16.9 Å². The largest absolute Gasteiger partial charge is 0.348 e. The summed E-state index contributed by atoms with van der Waals surface area (Å²) in [7, 11) is 1.73. The van der Waals surface area contributed by atoms with Crippen LogP contribution >= 0.6 is 0 Å². The van der Waals surface area contributed by atoms with Gasteiger partial charge in [-0.15, -0.1) is 0 Å². The Balaban J connectivity index is 1.58. The number of nitrogens with one attached hydrogen (secondary N) is 1. The van der Waals surface area contributed by atoms with Gasteiger partial charge in [-0.1, -0.05) is 36.4 Å². The van der Waals surface area contributed by atoms with Gasteiger partial charge in [0.1, 0.15) is 6.54 Å². The van der Waals surface area contributed by atoms with Crippen molar-refractivity contribution in [1.82, 2.24) is 14.5 Å². The lowest BCUT2D eigenvalue weighted by molar-refractivity contribution is -0.122. The summed E-state index contributed by atoms with van der Waals surface area (Å²) in [6, 6.07) is 15.8. The van der Waals surface area contributed by atoms with Crippen LogP contribution in [0.3, 0.4) is 0 Å². The summed E-state index contributed by atoms with van der Waals surface area (Å²) >= 11 is 0. The van der Waals surface area contributed by atoms with Crippen LogP contribution in [0.5, 0.6) is 0 Å². The Hall–Kier alpha value is -2.82. The average Bonchev–Trinajstić information content (AvgIpc) is 2.87. The van der Waals surface area contributed by atoms with Gasteiger partial charge in [0.25, 0.3) is 0 Å². The maximum Gasteiger partial charge on any atom is 0.329 e. The van der Waals surface area contributed by atoms with E-state index in [0.29, 0.717) is 0 Å². The minimum absolute atomic E-state index is 0.0307. The Labute approximate surface area is 145 Å². The number of benzene rings is 2. The first-order chi connectivity index (χ1) is 12.1. The van der Waals surface area contributed by atoms with Crippen LogP contribution in [0.25, 0.3) is 11.0 Å². The van der Waals surface area contributed by atoms with Crippen molar-refractivity contribution in [3.8, 4) is 0 Å². The van der Waals surface area contributed by atoms with Crippen molar-refractivity contribution in [2.24, 2.45) is 7.05 Å². The molecule has 1 N–H and O–H groups in total. The molecule has 1 aliphatic rings. The van der Waals surface area contributed by atoms with E-state index in [9.17, 15) is 9.59 Å². The standard InChI is InChI=1S/C20H21N3O2/c1-22-17-11-4-5-12-18(17)23(20(22)25)13-19(24)21-16-10-6-8-14-7-2-3-9-15(14)16/h2-5,7,9,11-12,16H,6,8,10,13H2,1H3,(H,21,24). The molecule has 5 nitrogen and oxygen atoms in total. The van der Waals surface area contributed by atoms with Crippen LogP contribution in [0, 0.1) is 0 Å². The highest BCUT2D eigenvalue weighted by atomic mass is 16.2. The smallest absolute Gasteiger partial charge is 0.329 e. The van der Waals surface area contributed by atoms with Crippen LogP contribution in [-0.2, 0) is 24.8 Å². The minimum Gasteiger partial charge on any atom is -0.348 e. The maximum atomic E-state index is 12.6. The second-order valence-corrected chi connectivity index (χ2v) is 6.63. The molecule has 1 amide bonds. The number of fused-ring (bicyclic) bond motifs is 2. The highest BCUT2D eigenvalue weighted by molar-refractivity contribution is 5.81. The number of carbonyl (C=O) groups excluding carboxylic acids is 1. The zero-order chi connectivity index (χ0) is 17.4. The summed E-state index contributed by atoms with van der Waals surface area (Å²) in [6.07, 6.45) is 3.06. The molecule has 0 saturated heterocycles. The SMILES string of the molecule is Cn1c(=O)n(CC(=O)NC2CCCc3ccccc32)c2ccccc21. The van der Waals surface area contributed by atoms with Gasteiger partial charge in [0, 0.05) is 7.05 Å². The molecule has 0 bridgehead atoms. The third kappa shape index (κ3) is 2.76. The normalized spacial score (nSPS) is 16.6. The number of amides is 1. The van der Waals surface area contributed by atoms with Gasteiger partial charge in [0.05, 0.1) is 17.1 Å². The fourth-order valence-corrected chi connectivity index (χ4v) is 3.80. The molecule has 5 heteroatoms. The number of aromatic nitrogens is 2. The van der Waals surface area contributed by atoms with E-state index in [0.717, 1.165) is 30.3 Å². The molecule has 1 unspecified atom stereocenters. The van der Waals surface area contributed by atoms with Gasteiger partial charge in [-0.05, 0) is 42.5 Å². The van der Waals surface area contributed by atoms with Crippen molar-refractivity contribution < 1.29 is 4.79 Å². The highest BCUT2D eigenvalue weighted by Crippen LogP contribution is 2.29. The van der Waals surface area contributed by atoms with Crippen LogP contribution in [0.15, 0.2) is 53.3 Å². The highest BCUT2D eigenvalue weighted by Gasteiger charge is 2.22. The Morgan fingerprint density at radius 3 is 2.68 bits per heavy atom. The van der Waals surface area contributed by atoms with E-state index in [2.05, 4.69) is 17.4 Å². The summed E-state index contributed by atoms with van der Waals surface area (Å²) in [5.41, 5.74) is 3.96. The van der Waals surface area contributed by atoms with E-state index in [1.807, 2.05) is 36.4 Å². The van der Waals surface area contributed by atoms with Gasteiger partial charge in [0.15, 0.2) is 0 Å². The predicted molar refractivity (Wildman–Crippen MR) is 97.4 cm³/mol. The third-order valence-corrected chi connectivity index (χ3v) is 5.06. The molecule has 25 heavy (non-hydrogen) atoms. The van der Waals surface area contributed by atoms with Crippen LogP contribution in [-0.4, -0.2) is 15.0 Å². The molecule has 3 aromatic rings. The Kier molecular flexibility index (Phi) is 3.92. The minimum atomic E-state index is -0.166. The van der Waals surface area contributed by atoms with Crippen LogP contribution < -0.4 is 11.0 Å². The lowest BCUT2D eigenvalue weighted by Crippen LogP contribution is -2.36. The number of carbonyl (C=O) groups is 1. The number of imidazole rings is 1. The first-order valence-electron chi connectivity index (χ1n) is 8.66. The lowest BCUT2D eigenvalue weighted by atomic mass is 9.88. The fraction of sp³-hybridized carbons (Fsp3) is 0.300. The summed E-state index contributed by atoms with van der Waals surface area (Å²) in [5, 5.41) is 3.12. The van der Waals surface area contributed by atoms with Gasteiger partial charge in [0.2, 0.25) is 5.91 Å². The van der Waals surface area contributed by atoms with Crippen LogP contribution in [0.1, 0.15) is 30.0 Å². The molecule has 1 aromatic heterocycles. The van der Waals surface area contributed by atoms with Crippen molar-refractivity contribution in [3.05, 3.63) is 70.1 Å². The van der Waals surface area contributed by atoms with E-state index < -0.39 is 0 Å². The molecule has 4 rings (SSSR count). The maximum absolute atomic E-state index is 12.6. The van der Waals surface area contributed by atoms with Gasteiger partial charge in [-0.3, -0.25) is 13.9 Å². The van der Waals surface area contributed by atoms with Crippen molar-refractivity contribution in [3.63, 3.8) is 0 Å².